The van der Waals surface area contributed by atoms with Crippen molar-refractivity contribution in [1.29, 1.82) is 0 Å². The van der Waals surface area contributed by atoms with Crippen LogP contribution in [0, 0.1) is 13.8 Å². The molecule has 3 nitrogen and oxygen atoms in total. The highest BCUT2D eigenvalue weighted by Gasteiger charge is 2.17. The topological polar surface area (TPSA) is 55.1 Å². The van der Waals surface area contributed by atoms with Gasteiger partial charge in [-0.3, -0.25) is 4.79 Å². The summed E-state index contributed by atoms with van der Waals surface area (Å²) in [6.45, 7) is 9.73. The van der Waals surface area contributed by atoms with Crippen molar-refractivity contribution in [2.45, 2.75) is 40.2 Å². The van der Waals surface area contributed by atoms with Crippen LogP contribution in [0.1, 0.15) is 42.3 Å². The van der Waals surface area contributed by atoms with Gasteiger partial charge in [-0.25, -0.2) is 0 Å². The molecule has 16 heavy (non-hydrogen) atoms. The van der Waals surface area contributed by atoms with Crippen molar-refractivity contribution in [3.05, 3.63) is 28.8 Å². The number of nitrogens with one attached hydrogen (secondary N) is 1. The van der Waals surface area contributed by atoms with Crippen LogP contribution in [0.15, 0.2) is 12.1 Å². The Kier molecular flexibility index (Phi) is 3.27. The fourth-order valence-electron chi connectivity index (χ4n) is 1.52. The molecule has 0 aliphatic heterocycles. The van der Waals surface area contributed by atoms with Crippen molar-refractivity contribution in [3.8, 4) is 0 Å². The lowest BCUT2D eigenvalue weighted by Gasteiger charge is -2.21. The minimum absolute atomic E-state index is 0.0725. The summed E-state index contributed by atoms with van der Waals surface area (Å²) in [7, 11) is 0. The van der Waals surface area contributed by atoms with Gasteiger partial charge in [-0.05, 0) is 51.8 Å². The molecule has 0 atom stereocenters. The fourth-order valence-corrected chi connectivity index (χ4v) is 1.52. The lowest BCUT2D eigenvalue weighted by atomic mass is 10.0. The maximum atomic E-state index is 12.0. The van der Waals surface area contributed by atoms with Crippen LogP contribution in [-0.4, -0.2) is 11.4 Å². The van der Waals surface area contributed by atoms with E-state index in [9.17, 15) is 4.79 Å². The number of hydrogen-bond donors (Lipinski definition) is 2. The number of anilines is 1. The predicted octanol–water partition coefficient (Wildman–Crippen LogP) is 2.41. The SMILES string of the molecule is Cc1cc(C)c(C(=O)NC(C)(C)C)cc1N. The minimum atomic E-state index is -0.233. The van der Waals surface area contributed by atoms with E-state index in [0.717, 1.165) is 11.1 Å². The van der Waals surface area contributed by atoms with Gasteiger partial charge >= 0.3 is 0 Å². The van der Waals surface area contributed by atoms with E-state index in [0.29, 0.717) is 11.3 Å². The van der Waals surface area contributed by atoms with Gasteiger partial charge in [0.2, 0.25) is 0 Å². The number of hydrogen-bond acceptors (Lipinski definition) is 2. The summed E-state index contributed by atoms with van der Waals surface area (Å²) in [5.41, 5.74) is 8.84. The molecule has 0 aliphatic carbocycles. The number of nitrogens with two attached hydrogens (primary N) is 1. The number of aryl methyl sites for hydroxylation is 2. The summed E-state index contributed by atoms with van der Waals surface area (Å²) in [4.78, 5) is 12.0. The molecule has 0 aliphatic rings. The first kappa shape index (κ1) is 12.6. The van der Waals surface area contributed by atoms with E-state index in [1.807, 2.05) is 40.7 Å². The summed E-state index contributed by atoms with van der Waals surface area (Å²) in [6, 6.07) is 3.68. The summed E-state index contributed by atoms with van der Waals surface area (Å²) >= 11 is 0. The lowest BCUT2D eigenvalue weighted by molar-refractivity contribution is 0.0919. The van der Waals surface area contributed by atoms with Crippen molar-refractivity contribution in [3.63, 3.8) is 0 Å². The number of carbonyl (C=O) groups is 1. The monoisotopic (exact) mass is 220 g/mol. The normalized spacial score (nSPS) is 11.3. The molecule has 1 amide bonds. The Hall–Kier alpha value is -1.51. The second kappa shape index (κ2) is 4.16. The van der Waals surface area contributed by atoms with Crippen LogP contribution in [-0.2, 0) is 0 Å². The van der Waals surface area contributed by atoms with Crippen molar-refractivity contribution in [1.82, 2.24) is 5.32 Å². The van der Waals surface area contributed by atoms with Crippen molar-refractivity contribution in [2.75, 3.05) is 5.73 Å². The van der Waals surface area contributed by atoms with Gasteiger partial charge in [0.15, 0.2) is 0 Å². The molecule has 1 aromatic rings. The second-order valence-electron chi connectivity index (χ2n) is 5.23. The molecule has 3 heteroatoms. The van der Waals surface area contributed by atoms with E-state index in [4.69, 9.17) is 5.73 Å². The zero-order valence-electron chi connectivity index (χ0n) is 10.6. The number of amides is 1. The molecular weight excluding hydrogens is 200 g/mol. The van der Waals surface area contributed by atoms with E-state index >= 15 is 0 Å². The van der Waals surface area contributed by atoms with Gasteiger partial charge in [-0.2, -0.15) is 0 Å². The molecule has 0 heterocycles. The van der Waals surface area contributed by atoms with Crippen LogP contribution < -0.4 is 11.1 Å². The third-order valence-electron chi connectivity index (χ3n) is 2.35. The first-order chi connectivity index (χ1) is 7.20. The fraction of sp³-hybridized carbons (Fsp3) is 0.462. The van der Waals surface area contributed by atoms with Crippen LogP contribution >= 0.6 is 0 Å². The quantitative estimate of drug-likeness (QED) is 0.714. The molecule has 1 aromatic carbocycles. The van der Waals surface area contributed by atoms with Gasteiger partial charge in [0.05, 0.1) is 0 Å². The van der Waals surface area contributed by atoms with Gasteiger partial charge in [-0.1, -0.05) is 6.07 Å². The van der Waals surface area contributed by atoms with Crippen molar-refractivity contribution in [2.24, 2.45) is 0 Å². The largest absolute Gasteiger partial charge is 0.398 e. The molecule has 0 radical (unpaired) electrons. The van der Waals surface area contributed by atoms with E-state index in [1.54, 1.807) is 6.07 Å². The summed E-state index contributed by atoms with van der Waals surface area (Å²) in [5, 5.41) is 2.93. The number of carbonyl (C=O) groups excluding carboxylic acids is 1. The van der Waals surface area contributed by atoms with Gasteiger partial charge in [-0.15, -0.1) is 0 Å². The molecule has 0 saturated carbocycles. The molecule has 0 saturated heterocycles. The second-order valence-corrected chi connectivity index (χ2v) is 5.23. The van der Waals surface area contributed by atoms with Gasteiger partial charge in [0, 0.05) is 16.8 Å². The zero-order chi connectivity index (χ0) is 12.5. The van der Waals surface area contributed by atoms with Crippen LogP contribution in [0.3, 0.4) is 0 Å². The van der Waals surface area contributed by atoms with E-state index in [1.165, 1.54) is 0 Å². The van der Waals surface area contributed by atoms with Crippen molar-refractivity contribution >= 4 is 11.6 Å². The highest BCUT2D eigenvalue weighted by atomic mass is 16.1. The first-order valence-electron chi connectivity index (χ1n) is 5.40. The third kappa shape index (κ3) is 2.99. The molecule has 1 rings (SSSR count). The first-order valence-corrected chi connectivity index (χ1v) is 5.40. The summed E-state index contributed by atoms with van der Waals surface area (Å²) in [6.07, 6.45) is 0. The Morgan fingerprint density at radius 3 is 2.25 bits per heavy atom. The molecule has 0 spiro atoms. The van der Waals surface area contributed by atoms with E-state index < -0.39 is 0 Å². The molecule has 0 bridgehead atoms. The average molecular weight is 220 g/mol. The smallest absolute Gasteiger partial charge is 0.252 e. The highest BCUT2D eigenvalue weighted by molar-refractivity contribution is 5.97. The Bertz CT molecular complexity index is 417. The molecule has 3 N–H and O–H groups in total. The van der Waals surface area contributed by atoms with Crippen LogP contribution in [0.5, 0.6) is 0 Å². The standard InChI is InChI=1S/C13H20N2O/c1-8-6-9(2)11(14)7-10(8)12(16)15-13(3,4)5/h6-7H,14H2,1-5H3,(H,15,16). The van der Waals surface area contributed by atoms with Crippen molar-refractivity contribution < 1.29 is 4.79 Å². The number of benzene rings is 1. The van der Waals surface area contributed by atoms with Gasteiger partial charge < -0.3 is 11.1 Å². The zero-order valence-corrected chi connectivity index (χ0v) is 10.6. The van der Waals surface area contributed by atoms with Gasteiger partial charge in [0.1, 0.15) is 0 Å². The average Bonchev–Trinajstić information content (AvgIpc) is 2.08. The Balaban J connectivity index is 3.05. The van der Waals surface area contributed by atoms with Crippen LogP contribution in [0.25, 0.3) is 0 Å². The molecule has 88 valence electrons. The molecular formula is C13H20N2O. The van der Waals surface area contributed by atoms with E-state index in [2.05, 4.69) is 5.32 Å². The minimum Gasteiger partial charge on any atom is -0.398 e. The lowest BCUT2D eigenvalue weighted by Crippen LogP contribution is -2.40. The Labute approximate surface area is 97.0 Å². The number of rotatable bonds is 1. The highest BCUT2D eigenvalue weighted by Crippen LogP contribution is 2.18. The maximum Gasteiger partial charge on any atom is 0.252 e. The molecule has 0 fully saturated rings. The van der Waals surface area contributed by atoms with E-state index in [-0.39, 0.29) is 11.4 Å². The van der Waals surface area contributed by atoms with Crippen LogP contribution in [0.2, 0.25) is 0 Å². The summed E-state index contributed by atoms with van der Waals surface area (Å²) in [5.74, 6) is -0.0725. The Morgan fingerprint density at radius 1 is 1.19 bits per heavy atom. The molecule has 0 unspecified atom stereocenters. The predicted molar refractivity (Wildman–Crippen MR) is 67.5 cm³/mol. The van der Waals surface area contributed by atoms with Gasteiger partial charge in [0.25, 0.3) is 5.91 Å². The maximum absolute atomic E-state index is 12.0. The Morgan fingerprint density at radius 2 is 1.75 bits per heavy atom. The molecule has 0 aromatic heterocycles. The number of nitrogen functional groups attached to an aromatic ring is 1. The summed E-state index contributed by atoms with van der Waals surface area (Å²) < 4.78 is 0. The van der Waals surface area contributed by atoms with Crippen LogP contribution in [0.4, 0.5) is 5.69 Å². The third-order valence-corrected chi connectivity index (χ3v) is 2.35.